The van der Waals surface area contributed by atoms with Crippen LogP contribution in [0, 0.1) is 0 Å². The summed E-state index contributed by atoms with van der Waals surface area (Å²) in [5, 5.41) is 13.0. The molecule has 1 aromatic rings. The molecule has 2 atom stereocenters. The molecule has 1 aliphatic carbocycles. The summed E-state index contributed by atoms with van der Waals surface area (Å²) >= 11 is 0. The zero-order chi connectivity index (χ0) is 14.4. The summed E-state index contributed by atoms with van der Waals surface area (Å²) in [6.45, 7) is 2.54. The van der Waals surface area contributed by atoms with Crippen molar-refractivity contribution >= 4 is 5.91 Å². The van der Waals surface area contributed by atoms with Crippen molar-refractivity contribution in [1.29, 1.82) is 0 Å². The van der Waals surface area contributed by atoms with Gasteiger partial charge in [0.1, 0.15) is 5.75 Å². The third kappa shape index (κ3) is 3.97. The first-order valence-electron chi connectivity index (χ1n) is 7.42. The lowest BCUT2D eigenvalue weighted by Gasteiger charge is -2.21. The maximum atomic E-state index is 12.2. The van der Waals surface area contributed by atoms with Crippen molar-refractivity contribution in [1.82, 2.24) is 5.32 Å². The van der Waals surface area contributed by atoms with E-state index < -0.39 is 6.10 Å². The number of hydrogen-bond donors (Lipinski definition) is 2. The van der Waals surface area contributed by atoms with E-state index in [9.17, 15) is 9.90 Å². The first-order valence-corrected chi connectivity index (χ1v) is 7.42. The summed E-state index contributed by atoms with van der Waals surface area (Å²) < 4.78 is 5.35. The van der Waals surface area contributed by atoms with Crippen LogP contribution in [-0.4, -0.2) is 29.8 Å². The molecule has 1 fully saturated rings. The Bertz CT molecular complexity index is 430. The summed E-state index contributed by atoms with van der Waals surface area (Å²) in [4.78, 5) is 12.2. The van der Waals surface area contributed by atoms with Crippen LogP contribution in [0.3, 0.4) is 0 Å². The molecule has 0 radical (unpaired) electrons. The molecule has 1 aliphatic rings. The zero-order valence-corrected chi connectivity index (χ0v) is 12.0. The van der Waals surface area contributed by atoms with E-state index in [0.717, 1.165) is 37.9 Å². The summed E-state index contributed by atoms with van der Waals surface area (Å²) in [5.74, 6) is 0.637. The minimum atomic E-state index is -0.427. The second-order valence-corrected chi connectivity index (χ2v) is 5.24. The number of ether oxygens (including phenoxy) is 1. The standard InChI is InChI=1S/C16H23NO3/c1-2-20-13-10-8-12(9-11-13)16(19)17-14-6-4-3-5-7-15(14)18/h8-11,14-15,18H,2-7H2,1H3,(H,17,19). The Labute approximate surface area is 120 Å². The van der Waals surface area contributed by atoms with Gasteiger partial charge in [0.05, 0.1) is 18.8 Å². The maximum absolute atomic E-state index is 12.2. The second-order valence-electron chi connectivity index (χ2n) is 5.24. The van der Waals surface area contributed by atoms with Crippen molar-refractivity contribution in [2.24, 2.45) is 0 Å². The Hall–Kier alpha value is -1.55. The van der Waals surface area contributed by atoms with Gasteiger partial charge in [-0.15, -0.1) is 0 Å². The Morgan fingerprint density at radius 3 is 2.65 bits per heavy atom. The van der Waals surface area contributed by atoms with Crippen molar-refractivity contribution in [2.75, 3.05) is 6.61 Å². The number of hydrogen-bond acceptors (Lipinski definition) is 3. The molecular formula is C16H23NO3. The van der Waals surface area contributed by atoms with Gasteiger partial charge in [0, 0.05) is 5.56 Å². The fraction of sp³-hybridized carbons (Fsp3) is 0.562. The summed E-state index contributed by atoms with van der Waals surface area (Å²) in [5.41, 5.74) is 0.602. The normalized spacial score (nSPS) is 22.9. The van der Waals surface area contributed by atoms with E-state index in [0.29, 0.717) is 12.2 Å². The Balaban J connectivity index is 1.96. The first kappa shape index (κ1) is 14.9. The van der Waals surface area contributed by atoms with Crippen molar-refractivity contribution in [3.63, 3.8) is 0 Å². The third-order valence-electron chi connectivity index (χ3n) is 3.72. The van der Waals surface area contributed by atoms with Crippen molar-refractivity contribution in [2.45, 2.75) is 51.2 Å². The molecule has 1 saturated carbocycles. The molecule has 0 saturated heterocycles. The predicted octanol–water partition coefficient (Wildman–Crippen LogP) is 2.51. The average Bonchev–Trinajstić information content (AvgIpc) is 2.65. The summed E-state index contributed by atoms with van der Waals surface area (Å²) in [7, 11) is 0. The lowest BCUT2D eigenvalue weighted by molar-refractivity contribution is 0.0819. The summed E-state index contributed by atoms with van der Waals surface area (Å²) in [6, 6.07) is 6.97. The molecule has 110 valence electrons. The van der Waals surface area contributed by atoms with Crippen molar-refractivity contribution in [3.8, 4) is 5.75 Å². The minimum Gasteiger partial charge on any atom is -0.494 e. The van der Waals surface area contributed by atoms with Gasteiger partial charge < -0.3 is 15.2 Å². The number of amides is 1. The van der Waals surface area contributed by atoms with Gasteiger partial charge in [0.25, 0.3) is 5.91 Å². The van der Waals surface area contributed by atoms with Crippen LogP contribution in [0.1, 0.15) is 49.4 Å². The van der Waals surface area contributed by atoms with Crippen LogP contribution >= 0.6 is 0 Å². The molecule has 2 N–H and O–H groups in total. The van der Waals surface area contributed by atoms with Gasteiger partial charge in [0.15, 0.2) is 0 Å². The van der Waals surface area contributed by atoms with E-state index in [1.807, 2.05) is 6.92 Å². The van der Waals surface area contributed by atoms with Gasteiger partial charge in [-0.1, -0.05) is 19.3 Å². The number of aliphatic hydroxyl groups excluding tert-OH is 1. The maximum Gasteiger partial charge on any atom is 0.251 e. The average molecular weight is 277 g/mol. The number of carbonyl (C=O) groups is 1. The molecule has 20 heavy (non-hydrogen) atoms. The van der Waals surface area contributed by atoms with E-state index in [1.165, 1.54) is 0 Å². The minimum absolute atomic E-state index is 0.126. The molecule has 0 bridgehead atoms. The van der Waals surface area contributed by atoms with Gasteiger partial charge in [-0.2, -0.15) is 0 Å². The van der Waals surface area contributed by atoms with Gasteiger partial charge in [-0.25, -0.2) is 0 Å². The fourth-order valence-electron chi connectivity index (χ4n) is 2.58. The Kier molecular flexibility index (Phi) is 5.41. The number of nitrogens with one attached hydrogen (secondary N) is 1. The SMILES string of the molecule is CCOc1ccc(C(=O)NC2CCCCCC2O)cc1. The topological polar surface area (TPSA) is 58.6 Å². The second kappa shape index (κ2) is 7.29. The lowest BCUT2D eigenvalue weighted by Crippen LogP contribution is -2.42. The molecule has 2 rings (SSSR count). The number of aliphatic hydroxyl groups is 1. The first-order chi connectivity index (χ1) is 9.70. The lowest BCUT2D eigenvalue weighted by atomic mass is 10.1. The van der Waals surface area contributed by atoms with Crippen molar-refractivity contribution in [3.05, 3.63) is 29.8 Å². The zero-order valence-electron chi connectivity index (χ0n) is 12.0. The quantitative estimate of drug-likeness (QED) is 0.831. The molecule has 1 aromatic carbocycles. The molecule has 0 aliphatic heterocycles. The molecule has 4 nitrogen and oxygen atoms in total. The van der Waals surface area contributed by atoms with Gasteiger partial charge in [-0.05, 0) is 44.0 Å². The van der Waals surface area contributed by atoms with Crippen LogP contribution in [-0.2, 0) is 0 Å². The van der Waals surface area contributed by atoms with Gasteiger partial charge >= 0.3 is 0 Å². The van der Waals surface area contributed by atoms with E-state index >= 15 is 0 Å². The van der Waals surface area contributed by atoms with Gasteiger partial charge in [-0.3, -0.25) is 4.79 Å². The van der Waals surface area contributed by atoms with E-state index in [2.05, 4.69) is 5.32 Å². The molecule has 2 unspecified atom stereocenters. The monoisotopic (exact) mass is 277 g/mol. The van der Waals surface area contributed by atoms with Crippen molar-refractivity contribution < 1.29 is 14.6 Å². The number of benzene rings is 1. The number of rotatable bonds is 4. The highest BCUT2D eigenvalue weighted by Gasteiger charge is 2.23. The Morgan fingerprint density at radius 2 is 1.95 bits per heavy atom. The third-order valence-corrected chi connectivity index (χ3v) is 3.72. The molecular weight excluding hydrogens is 254 g/mol. The predicted molar refractivity (Wildman–Crippen MR) is 78.0 cm³/mol. The van der Waals surface area contributed by atoms with Crippen LogP contribution in [0.4, 0.5) is 0 Å². The van der Waals surface area contributed by atoms with E-state index in [-0.39, 0.29) is 11.9 Å². The van der Waals surface area contributed by atoms with Crippen LogP contribution in [0.5, 0.6) is 5.75 Å². The molecule has 1 amide bonds. The van der Waals surface area contributed by atoms with E-state index in [1.54, 1.807) is 24.3 Å². The molecule has 0 spiro atoms. The largest absolute Gasteiger partial charge is 0.494 e. The van der Waals surface area contributed by atoms with Crippen LogP contribution < -0.4 is 10.1 Å². The highest BCUT2D eigenvalue weighted by molar-refractivity contribution is 5.94. The highest BCUT2D eigenvalue weighted by atomic mass is 16.5. The van der Waals surface area contributed by atoms with Crippen LogP contribution in [0.25, 0.3) is 0 Å². The molecule has 4 heteroatoms. The van der Waals surface area contributed by atoms with Crippen LogP contribution in [0.2, 0.25) is 0 Å². The summed E-state index contributed by atoms with van der Waals surface area (Å²) in [6.07, 6.45) is 4.43. The molecule has 0 heterocycles. The molecule has 0 aromatic heterocycles. The van der Waals surface area contributed by atoms with E-state index in [4.69, 9.17) is 4.74 Å². The van der Waals surface area contributed by atoms with Gasteiger partial charge in [0.2, 0.25) is 0 Å². The number of carbonyl (C=O) groups excluding carboxylic acids is 1. The fourth-order valence-corrected chi connectivity index (χ4v) is 2.58. The highest BCUT2D eigenvalue weighted by Crippen LogP contribution is 2.19. The van der Waals surface area contributed by atoms with Crippen LogP contribution in [0.15, 0.2) is 24.3 Å². The smallest absolute Gasteiger partial charge is 0.251 e. The Morgan fingerprint density at radius 1 is 1.25 bits per heavy atom.